The molecule has 0 aliphatic heterocycles. The van der Waals surface area contributed by atoms with E-state index in [1.165, 1.54) is 24.1 Å². The van der Waals surface area contributed by atoms with E-state index in [4.69, 9.17) is 15.2 Å². The van der Waals surface area contributed by atoms with Crippen molar-refractivity contribution in [3.63, 3.8) is 0 Å². The molecule has 0 atom stereocenters. The van der Waals surface area contributed by atoms with Crippen LogP contribution in [0.3, 0.4) is 0 Å². The number of rotatable bonds is 4. The molecule has 1 aromatic heterocycles. The Balaban J connectivity index is 2.14. The first kappa shape index (κ1) is 17.5. The van der Waals surface area contributed by atoms with Crippen LogP contribution >= 0.6 is 0 Å². The van der Waals surface area contributed by atoms with Crippen LogP contribution in [-0.2, 0) is 0 Å². The second kappa shape index (κ2) is 6.87. The molecule has 2 aromatic carbocycles. The molecule has 0 spiro atoms. The fourth-order valence-electron chi connectivity index (χ4n) is 2.53. The number of aromatic nitrogens is 1. The summed E-state index contributed by atoms with van der Waals surface area (Å²) in [5.74, 6) is 0.00179. The van der Waals surface area contributed by atoms with E-state index in [-0.39, 0.29) is 11.7 Å². The molecule has 26 heavy (non-hydrogen) atoms. The van der Waals surface area contributed by atoms with E-state index in [9.17, 15) is 9.18 Å². The zero-order valence-corrected chi connectivity index (χ0v) is 14.6. The van der Waals surface area contributed by atoms with Gasteiger partial charge in [0.2, 0.25) is 0 Å². The standard InChI is InChI=1S/C19H18FN3O3/c1-23(2)19(24)13-9-12-15(10-18(13)25-3)22-7-6-16(12)26-17-5-4-11(21)8-14(17)20/h4-10H,21H2,1-3H3. The number of nitrogen functional groups attached to an aromatic ring is 1. The number of methoxy groups -OCH3 is 1. The summed E-state index contributed by atoms with van der Waals surface area (Å²) in [5.41, 5.74) is 6.79. The maximum atomic E-state index is 14.1. The molecule has 0 radical (unpaired) electrons. The molecule has 0 unspecified atom stereocenters. The fraction of sp³-hybridized carbons (Fsp3) is 0.158. The van der Waals surface area contributed by atoms with Gasteiger partial charge in [-0.05, 0) is 24.3 Å². The normalized spacial score (nSPS) is 10.6. The Labute approximate surface area is 150 Å². The first-order valence-corrected chi connectivity index (χ1v) is 7.82. The lowest BCUT2D eigenvalue weighted by Gasteiger charge is -2.15. The van der Waals surface area contributed by atoms with Crippen LogP contribution in [0.1, 0.15) is 10.4 Å². The molecule has 3 aromatic rings. The zero-order chi connectivity index (χ0) is 18.8. The van der Waals surface area contributed by atoms with Gasteiger partial charge in [-0.2, -0.15) is 0 Å². The van der Waals surface area contributed by atoms with E-state index in [1.807, 2.05) is 0 Å². The Bertz CT molecular complexity index is 989. The largest absolute Gasteiger partial charge is 0.496 e. The zero-order valence-electron chi connectivity index (χ0n) is 14.6. The Morgan fingerprint density at radius 3 is 2.54 bits per heavy atom. The second-order valence-corrected chi connectivity index (χ2v) is 5.87. The minimum Gasteiger partial charge on any atom is -0.496 e. The molecule has 0 aliphatic rings. The van der Waals surface area contributed by atoms with Crippen molar-refractivity contribution in [2.24, 2.45) is 0 Å². The summed E-state index contributed by atoms with van der Waals surface area (Å²) in [6.07, 6.45) is 1.54. The SMILES string of the molecule is COc1cc2nccc(Oc3ccc(N)cc3F)c2cc1C(=O)N(C)C. The van der Waals surface area contributed by atoms with Gasteiger partial charge in [-0.25, -0.2) is 4.39 Å². The highest BCUT2D eigenvalue weighted by molar-refractivity contribution is 6.02. The first-order valence-electron chi connectivity index (χ1n) is 7.82. The van der Waals surface area contributed by atoms with Gasteiger partial charge in [0.25, 0.3) is 5.91 Å². The van der Waals surface area contributed by atoms with Crippen LogP contribution in [0, 0.1) is 5.82 Å². The highest BCUT2D eigenvalue weighted by Crippen LogP contribution is 2.34. The number of hydrogen-bond donors (Lipinski definition) is 1. The molecule has 0 bridgehead atoms. The third-order valence-corrected chi connectivity index (χ3v) is 3.84. The minimum atomic E-state index is -0.576. The lowest BCUT2D eigenvalue weighted by molar-refractivity contribution is 0.0824. The topological polar surface area (TPSA) is 77.7 Å². The number of carbonyl (C=O) groups excluding carboxylic acids is 1. The van der Waals surface area contributed by atoms with Crippen LogP contribution < -0.4 is 15.2 Å². The lowest BCUT2D eigenvalue weighted by Crippen LogP contribution is -2.22. The third-order valence-electron chi connectivity index (χ3n) is 3.84. The molecule has 7 heteroatoms. The summed E-state index contributed by atoms with van der Waals surface area (Å²) >= 11 is 0. The number of hydrogen-bond acceptors (Lipinski definition) is 5. The Hall–Kier alpha value is -3.35. The number of pyridine rings is 1. The summed E-state index contributed by atoms with van der Waals surface area (Å²) < 4.78 is 25.1. The van der Waals surface area contributed by atoms with Gasteiger partial charge >= 0.3 is 0 Å². The van der Waals surface area contributed by atoms with Gasteiger partial charge in [-0.3, -0.25) is 9.78 Å². The van der Waals surface area contributed by atoms with Crippen molar-refractivity contribution < 1.29 is 18.7 Å². The van der Waals surface area contributed by atoms with Crippen molar-refractivity contribution in [3.05, 3.63) is 54.0 Å². The molecular formula is C19H18FN3O3. The molecule has 2 N–H and O–H groups in total. The number of carbonyl (C=O) groups is 1. The number of benzene rings is 2. The molecule has 0 saturated carbocycles. The molecule has 1 amide bonds. The van der Waals surface area contributed by atoms with Gasteiger partial charge in [0.1, 0.15) is 11.5 Å². The van der Waals surface area contributed by atoms with Crippen molar-refractivity contribution in [2.45, 2.75) is 0 Å². The quantitative estimate of drug-likeness (QED) is 0.725. The van der Waals surface area contributed by atoms with E-state index in [1.54, 1.807) is 44.6 Å². The lowest BCUT2D eigenvalue weighted by atomic mass is 10.1. The van der Waals surface area contributed by atoms with Gasteiger partial charge in [0, 0.05) is 43.5 Å². The number of ether oxygens (including phenoxy) is 2. The maximum Gasteiger partial charge on any atom is 0.257 e. The van der Waals surface area contributed by atoms with Gasteiger partial charge in [-0.15, -0.1) is 0 Å². The third kappa shape index (κ3) is 3.23. The van der Waals surface area contributed by atoms with E-state index < -0.39 is 5.82 Å². The van der Waals surface area contributed by atoms with Crippen molar-refractivity contribution in [1.29, 1.82) is 0 Å². The summed E-state index contributed by atoms with van der Waals surface area (Å²) in [6, 6.07) is 9.07. The predicted molar refractivity (Wildman–Crippen MR) is 97.2 cm³/mol. The molecule has 0 saturated heterocycles. The molecule has 134 valence electrons. The average Bonchev–Trinajstić information content (AvgIpc) is 2.62. The van der Waals surface area contributed by atoms with E-state index in [0.29, 0.717) is 33.7 Å². The fourth-order valence-corrected chi connectivity index (χ4v) is 2.53. The second-order valence-electron chi connectivity index (χ2n) is 5.87. The maximum absolute atomic E-state index is 14.1. The molecular weight excluding hydrogens is 337 g/mol. The Morgan fingerprint density at radius 2 is 1.88 bits per heavy atom. The van der Waals surface area contributed by atoms with E-state index >= 15 is 0 Å². The molecule has 0 fully saturated rings. The highest BCUT2D eigenvalue weighted by atomic mass is 19.1. The Kier molecular flexibility index (Phi) is 4.62. The van der Waals surface area contributed by atoms with Crippen LogP contribution in [-0.4, -0.2) is 37.0 Å². The molecule has 6 nitrogen and oxygen atoms in total. The van der Waals surface area contributed by atoms with Gasteiger partial charge in [0.15, 0.2) is 11.6 Å². The van der Waals surface area contributed by atoms with Crippen LogP contribution in [0.25, 0.3) is 10.9 Å². The van der Waals surface area contributed by atoms with Crippen molar-refractivity contribution in [2.75, 3.05) is 26.9 Å². The number of nitrogens with two attached hydrogens (primary N) is 1. The van der Waals surface area contributed by atoms with Gasteiger partial charge in [-0.1, -0.05) is 0 Å². The van der Waals surface area contributed by atoms with Gasteiger partial charge < -0.3 is 20.1 Å². The van der Waals surface area contributed by atoms with Gasteiger partial charge in [0.05, 0.1) is 18.2 Å². The number of halogens is 1. The monoisotopic (exact) mass is 355 g/mol. The van der Waals surface area contributed by atoms with Crippen LogP contribution in [0.2, 0.25) is 0 Å². The average molecular weight is 355 g/mol. The number of fused-ring (bicyclic) bond motifs is 1. The summed E-state index contributed by atoms with van der Waals surface area (Å²) in [5, 5.41) is 0.565. The molecule has 1 heterocycles. The summed E-state index contributed by atoms with van der Waals surface area (Å²) in [4.78, 5) is 18.2. The predicted octanol–water partition coefficient (Wildman–Crippen LogP) is 3.46. The first-order chi connectivity index (χ1) is 12.4. The van der Waals surface area contributed by atoms with Crippen LogP contribution in [0.15, 0.2) is 42.6 Å². The highest BCUT2D eigenvalue weighted by Gasteiger charge is 2.18. The van der Waals surface area contributed by atoms with E-state index in [0.717, 1.165) is 0 Å². The summed E-state index contributed by atoms with van der Waals surface area (Å²) in [7, 11) is 4.78. The van der Waals surface area contributed by atoms with E-state index in [2.05, 4.69) is 4.98 Å². The minimum absolute atomic E-state index is 0.0306. The van der Waals surface area contributed by atoms with Crippen molar-refractivity contribution in [3.8, 4) is 17.2 Å². The van der Waals surface area contributed by atoms with Crippen molar-refractivity contribution >= 4 is 22.5 Å². The Morgan fingerprint density at radius 1 is 1.12 bits per heavy atom. The van der Waals surface area contributed by atoms with Crippen LogP contribution in [0.5, 0.6) is 17.2 Å². The number of anilines is 1. The van der Waals surface area contributed by atoms with Crippen LogP contribution in [0.4, 0.5) is 10.1 Å². The summed E-state index contributed by atoms with van der Waals surface area (Å²) in [6.45, 7) is 0. The number of nitrogens with zero attached hydrogens (tertiary/aromatic N) is 2. The van der Waals surface area contributed by atoms with Crippen molar-refractivity contribution in [1.82, 2.24) is 9.88 Å². The molecule has 0 aliphatic carbocycles. The number of amides is 1. The molecule has 3 rings (SSSR count). The smallest absolute Gasteiger partial charge is 0.257 e.